The van der Waals surface area contributed by atoms with Crippen LogP contribution in [0.1, 0.15) is 0 Å². The van der Waals surface area contributed by atoms with Gasteiger partial charge in [0.15, 0.2) is 0 Å². The summed E-state index contributed by atoms with van der Waals surface area (Å²) < 4.78 is 59.3. The van der Waals surface area contributed by atoms with Crippen LogP contribution >= 0.6 is 0 Å². The fraction of sp³-hybridized carbons (Fsp3) is 0.125. The Labute approximate surface area is 95.3 Å². The molecule has 17 heavy (non-hydrogen) atoms. The van der Waals surface area contributed by atoms with Gasteiger partial charge in [0.05, 0.1) is 0 Å². The summed E-state index contributed by atoms with van der Waals surface area (Å²) in [6.07, 6.45) is 3.66. The molecule has 9 heteroatoms. The molecule has 0 aromatic rings. The molecule has 0 saturated heterocycles. The second kappa shape index (κ2) is 5.64. The molecule has 0 fully saturated rings. The Morgan fingerprint density at radius 2 is 1.88 bits per heavy atom. The Morgan fingerprint density at radius 3 is 2.29 bits per heavy atom. The van der Waals surface area contributed by atoms with Crippen LogP contribution in [-0.2, 0) is 19.2 Å². The highest BCUT2D eigenvalue weighted by Gasteiger charge is 2.48. The quantitative estimate of drug-likeness (QED) is 0.353. The van der Waals surface area contributed by atoms with E-state index in [9.17, 15) is 26.4 Å². The van der Waals surface area contributed by atoms with Crippen LogP contribution in [0.25, 0.3) is 0 Å². The summed E-state index contributed by atoms with van der Waals surface area (Å²) in [6.45, 7) is 6.43. The molecule has 0 saturated carbocycles. The molecule has 0 aliphatic carbocycles. The van der Waals surface area contributed by atoms with E-state index in [1.807, 2.05) is 0 Å². The number of alkyl halides is 3. The summed E-state index contributed by atoms with van der Waals surface area (Å²) in [5, 5.41) is 0. The molecule has 0 rings (SSSR count). The largest absolute Gasteiger partial charge is 0.525 e. The smallest absolute Gasteiger partial charge is 0.267 e. The number of carbonyl (C=O) groups excluding carboxylic acids is 1. The molecular weight excluding hydrogens is 263 g/mol. The second-order valence-corrected chi connectivity index (χ2v) is 4.07. The number of nitrogens with one attached hydrogen (secondary N) is 1. The van der Waals surface area contributed by atoms with Crippen molar-refractivity contribution in [2.45, 2.75) is 5.51 Å². The van der Waals surface area contributed by atoms with Crippen LogP contribution in [0.5, 0.6) is 0 Å². The number of carbonyl (C=O) groups is 1. The summed E-state index contributed by atoms with van der Waals surface area (Å²) in [5.74, 6) is -1.23. The maximum Gasteiger partial charge on any atom is 0.525 e. The molecule has 1 amide bonds. The molecule has 0 aliphatic heterocycles. The topological polar surface area (TPSA) is 72.5 Å². The van der Waals surface area contributed by atoms with Crippen molar-refractivity contribution in [1.82, 2.24) is 5.48 Å². The Balaban J connectivity index is 4.51. The standard InChI is InChI=1S/C8H8F3NO4S/c1-3-4-5-6(2)7(13)12-16-17(14,15)8(9,10)11/h3-5H,1-2H2,(H,12,13)/b5-4-. The number of hydroxylamine groups is 1. The summed E-state index contributed by atoms with van der Waals surface area (Å²) in [7, 11) is -5.86. The molecule has 1 N–H and O–H groups in total. The van der Waals surface area contributed by atoms with E-state index in [0.29, 0.717) is 0 Å². The molecule has 0 aliphatic rings. The highest BCUT2D eigenvalue weighted by Crippen LogP contribution is 2.23. The van der Waals surface area contributed by atoms with E-state index >= 15 is 0 Å². The summed E-state index contributed by atoms with van der Waals surface area (Å²) in [5.41, 5.74) is -4.81. The van der Waals surface area contributed by atoms with Crippen LogP contribution in [0, 0.1) is 0 Å². The maximum atomic E-state index is 11.8. The van der Waals surface area contributed by atoms with E-state index in [1.54, 1.807) is 0 Å². The van der Waals surface area contributed by atoms with Crippen LogP contribution in [0.15, 0.2) is 37.0 Å². The van der Waals surface area contributed by atoms with Gasteiger partial charge in [0.25, 0.3) is 5.91 Å². The van der Waals surface area contributed by atoms with Crippen molar-refractivity contribution in [2.75, 3.05) is 0 Å². The number of amides is 1. The van der Waals surface area contributed by atoms with Crippen LogP contribution in [0.2, 0.25) is 0 Å². The van der Waals surface area contributed by atoms with Gasteiger partial charge in [-0.2, -0.15) is 21.6 Å². The van der Waals surface area contributed by atoms with Crippen molar-refractivity contribution < 1.29 is 30.7 Å². The summed E-state index contributed by atoms with van der Waals surface area (Å²) >= 11 is 0. The Morgan fingerprint density at radius 1 is 1.35 bits per heavy atom. The van der Waals surface area contributed by atoms with Gasteiger partial charge in [-0.05, 0) is 0 Å². The predicted octanol–water partition coefficient (Wildman–Crippen LogP) is 1.18. The maximum absolute atomic E-state index is 11.8. The van der Waals surface area contributed by atoms with Gasteiger partial charge in [-0.15, -0.1) is 4.28 Å². The second-order valence-electron chi connectivity index (χ2n) is 2.53. The monoisotopic (exact) mass is 271 g/mol. The lowest BCUT2D eigenvalue weighted by Gasteiger charge is -2.08. The lowest BCUT2D eigenvalue weighted by atomic mass is 10.2. The highest BCUT2D eigenvalue weighted by molar-refractivity contribution is 7.87. The first-order chi connectivity index (χ1) is 7.62. The molecule has 0 heterocycles. The highest BCUT2D eigenvalue weighted by atomic mass is 32.2. The fourth-order valence-corrected chi connectivity index (χ4v) is 0.745. The third-order valence-electron chi connectivity index (χ3n) is 1.25. The molecule has 0 unspecified atom stereocenters. The number of hydrogen-bond acceptors (Lipinski definition) is 4. The Kier molecular flexibility index (Phi) is 5.10. The van der Waals surface area contributed by atoms with E-state index < -0.39 is 21.5 Å². The first-order valence-corrected chi connectivity index (χ1v) is 5.30. The van der Waals surface area contributed by atoms with Crippen molar-refractivity contribution in [3.05, 3.63) is 37.0 Å². The zero-order valence-electron chi connectivity index (χ0n) is 8.32. The minimum atomic E-state index is -5.86. The number of halogens is 3. The first-order valence-electron chi connectivity index (χ1n) is 3.90. The average molecular weight is 271 g/mol. The molecule has 0 atom stereocenters. The van der Waals surface area contributed by atoms with Crippen molar-refractivity contribution in [1.29, 1.82) is 0 Å². The van der Waals surface area contributed by atoms with Crippen LogP contribution in [-0.4, -0.2) is 19.8 Å². The average Bonchev–Trinajstić information content (AvgIpc) is 2.20. The van der Waals surface area contributed by atoms with E-state index in [1.165, 1.54) is 12.2 Å². The number of hydrogen-bond donors (Lipinski definition) is 1. The van der Waals surface area contributed by atoms with Gasteiger partial charge >= 0.3 is 15.6 Å². The van der Waals surface area contributed by atoms with Gasteiger partial charge in [-0.3, -0.25) is 4.79 Å². The molecule has 0 aromatic heterocycles. The zero-order valence-corrected chi connectivity index (χ0v) is 9.14. The molecule has 5 nitrogen and oxygen atoms in total. The van der Waals surface area contributed by atoms with Gasteiger partial charge in [-0.25, -0.2) is 5.48 Å². The normalized spacial score (nSPS) is 12.4. The van der Waals surface area contributed by atoms with Crippen LogP contribution < -0.4 is 5.48 Å². The summed E-state index contributed by atoms with van der Waals surface area (Å²) in [6, 6.07) is 0. The zero-order chi connectivity index (χ0) is 13.7. The van der Waals surface area contributed by atoms with Crippen molar-refractivity contribution >= 4 is 16.0 Å². The van der Waals surface area contributed by atoms with Gasteiger partial charge in [0.2, 0.25) is 0 Å². The summed E-state index contributed by atoms with van der Waals surface area (Å²) in [4.78, 5) is 11.0. The van der Waals surface area contributed by atoms with Crippen LogP contribution in [0.4, 0.5) is 13.2 Å². The van der Waals surface area contributed by atoms with Gasteiger partial charge < -0.3 is 0 Å². The Bertz CT molecular complexity index is 450. The number of rotatable bonds is 5. The third kappa shape index (κ3) is 4.83. The van der Waals surface area contributed by atoms with Gasteiger partial charge in [0, 0.05) is 5.57 Å². The minimum Gasteiger partial charge on any atom is -0.267 e. The molecule has 0 bridgehead atoms. The van der Waals surface area contributed by atoms with Crippen LogP contribution in [0.3, 0.4) is 0 Å². The van der Waals surface area contributed by atoms with Gasteiger partial charge in [0.1, 0.15) is 0 Å². The number of allylic oxidation sites excluding steroid dienone is 2. The lowest BCUT2D eigenvalue weighted by Crippen LogP contribution is -2.34. The van der Waals surface area contributed by atoms with E-state index in [0.717, 1.165) is 11.6 Å². The molecule has 0 radical (unpaired) electrons. The lowest BCUT2D eigenvalue weighted by molar-refractivity contribution is -0.124. The third-order valence-corrected chi connectivity index (χ3v) is 2.12. The predicted molar refractivity (Wildman–Crippen MR) is 52.7 cm³/mol. The first kappa shape index (κ1) is 15.4. The SMILES string of the molecule is C=C/C=C\C(=C)C(=O)NOS(=O)(=O)C(F)(F)F. The minimum absolute atomic E-state index is 0.303. The molecule has 96 valence electrons. The molecule has 0 spiro atoms. The van der Waals surface area contributed by atoms with Gasteiger partial charge in [-0.1, -0.05) is 31.4 Å². The molecule has 0 aromatic carbocycles. The van der Waals surface area contributed by atoms with Crippen molar-refractivity contribution in [2.24, 2.45) is 0 Å². The van der Waals surface area contributed by atoms with Crippen molar-refractivity contribution in [3.8, 4) is 0 Å². The molecular formula is C8H8F3NO4S. The van der Waals surface area contributed by atoms with Crippen molar-refractivity contribution in [3.63, 3.8) is 0 Å². The Hall–Kier alpha value is -1.61. The van der Waals surface area contributed by atoms with E-state index in [4.69, 9.17) is 0 Å². The van der Waals surface area contributed by atoms with E-state index in [-0.39, 0.29) is 5.57 Å². The van der Waals surface area contributed by atoms with E-state index in [2.05, 4.69) is 17.4 Å². The fourth-order valence-electron chi connectivity index (χ4n) is 0.465.